The molecule has 128 valence electrons. The molecule has 0 aromatic heterocycles. The minimum atomic E-state index is -0.162. The van der Waals surface area contributed by atoms with Crippen LogP contribution in [0.5, 0.6) is 0 Å². The van der Waals surface area contributed by atoms with Crippen molar-refractivity contribution in [2.45, 2.75) is 19.4 Å². The molecule has 0 atom stereocenters. The van der Waals surface area contributed by atoms with Gasteiger partial charge in [-0.15, -0.1) is 0 Å². The van der Waals surface area contributed by atoms with E-state index in [1.54, 1.807) is 0 Å². The summed E-state index contributed by atoms with van der Waals surface area (Å²) in [6.45, 7) is 0.319. The second-order valence-corrected chi connectivity index (χ2v) is 6.36. The largest absolute Gasteiger partial charge is 0.461 e. The SMILES string of the molecule is CN(C)c1ccc(CCC(=O)OCc2cccc3ccccc23)cc1. The first kappa shape index (κ1) is 17.0. The number of carbonyl (C=O) groups excluding carboxylic acids is 1. The van der Waals surface area contributed by atoms with E-state index >= 15 is 0 Å². The Labute approximate surface area is 148 Å². The predicted octanol–water partition coefficient (Wildman–Crippen LogP) is 4.58. The molecule has 3 aromatic carbocycles. The van der Waals surface area contributed by atoms with Gasteiger partial charge in [-0.05, 0) is 40.5 Å². The van der Waals surface area contributed by atoms with E-state index in [0.29, 0.717) is 19.4 Å². The van der Waals surface area contributed by atoms with Gasteiger partial charge in [0.1, 0.15) is 6.61 Å². The maximum absolute atomic E-state index is 12.1. The number of fused-ring (bicyclic) bond motifs is 1. The smallest absolute Gasteiger partial charge is 0.306 e. The Morgan fingerprint density at radius 3 is 2.40 bits per heavy atom. The zero-order chi connectivity index (χ0) is 17.6. The first-order valence-corrected chi connectivity index (χ1v) is 8.52. The first-order valence-electron chi connectivity index (χ1n) is 8.52. The van der Waals surface area contributed by atoms with Gasteiger partial charge >= 0.3 is 5.97 Å². The lowest BCUT2D eigenvalue weighted by Crippen LogP contribution is -2.08. The molecule has 3 rings (SSSR count). The number of ether oxygens (including phenoxy) is 1. The fourth-order valence-electron chi connectivity index (χ4n) is 2.86. The zero-order valence-electron chi connectivity index (χ0n) is 14.7. The topological polar surface area (TPSA) is 29.5 Å². The summed E-state index contributed by atoms with van der Waals surface area (Å²) in [4.78, 5) is 14.1. The fourth-order valence-corrected chi connectivity index (χ4v) is 2.86. The van der Waals surface area contributed by atoms with E-state index < -0.39 is 0 Å². The lowest BCUT2D eigenvalue weighted by molar-refractivity contribution is -0.144. The molecular weight excluding hydrogens is 310 g/mol. The normalized spacial score (nSPS) is 10.6. The summed E-state index contributed by atoms with van der Waals surface area (Å²) in [6, 6.07) is 22.5. The van der Waals surface area contributed by atoms with E-state index in [2.05, 4.69) is 47.4 Å². The van der Waals surface area contributed by atoms with E-state index in [1.165, 1.54) is 0 Å². The molecule has 0 radical (unpaired) electrons. The molecule has 3 nitrogen and oxygen atoms in total. The maximum atomic E-state index is 12.1. The van der Waals surface area contributed by atoms with Gasteiger partial charge in [0.05, 0.1) is 0 Å². The van der Waals surface area contributed by atoms with E-state index in [4.69, 9.17) is 4.74 Å². The monoisotopic (exact) mass is 333 g/mol. The molecule has 0 aliphatic rings. The van der Waals surface area contributed by atoms with Crippen LogP contribution in [0.3, 0.4) is 0 Å². The van der Waals surface area contributed by atoms with Crippen LogP contribution < -0.4 is 4.90 Å². The third-order valence-corrected chi connectivity index (χ3v) is 4.34. The van der Waals surface area contributed by atoms with Gasteiger partial charge in [-0.1, -0.05) is 54.6 Å². The van der Waals surface area contributed by atoms with Crippen LogP contribution in [-0.2, 0) is 22.6 Å². The summed E-state index contributed by atoms with van der Waals surface area (Å²) in [5, 5.41) is 2.30. The van der Waals surface area contributed by atoms with Gasteiger partial charge < -0.3 is 9.64 Å². The predicted molar refractivity (Wildman–Crippen MR) is 103 cm³/mol. The fraction of sp³-hybridized carbons (Fsp3) is 0.227. The van der Waals surface area contributed by atoms with Crippen LogP contribution in [0.2, 0.25) is 0 Å². The molecule has 0 amide bonds. The number of hydrogen-bond acceptors (Lipinski definition) is 3. The summed E-state index contributed by atoms with van der Waals surface area (Å²) >= 11 is 0. The van der Waals surface area contributed by atoms with Crippen molar-refractivity contribution in [1.29, 1.82) is 0 Å². The Hall–Kier alpha value is -2.81. The van der Waals surface area contributed by atoms with Gasteiger partial charge in [0.2, 0.25) is 0 Å². The number of benzene rings is 3. The van der Waals surface area contributed by atoms with Crippen molar-refractivity contribution in [2.75, 3.05) is 19.0 Å². The lowest BCUT2D eigenvalue weighted by atomic mass is 10.1. The maximum Gasteiger partial charge on any atom is 0.306 e. The molecule has 0 heterocycles. The van der Waals surface area contributed by atoms with Crippen molar-refractivity contribution >= 4 is 22.4 Å². The molecule has 0 fully saturated rings. The number of carbonyl (C=O) groups is 1. The molecule has 0 saturated carbocycles. The van der Waals surface area contributed by atoms with Gasteiger partial charge in [0, 0.05) is 26.2 Å². The number of hydrogen-bond donors (Lipinski definition) is 0. The van der Waals surface area contributed by atoms with Crippen molar-refractivity contribution < 1.29 is 9.53 Å². The molecule has 0 aliphatic carbocycles. The Balaban J connectivity index is 1.54. The van der Waals surface area contributed by atoms with Crippen LogP contribution >= 0.6 is 0 Å². The molecule has 0 saturated heterocycles. The van der Waals surface area contributed by atoms with Gasteiger partial charge in [0.25, 0.3) is 0 Å². The third kappa shape index (κ3) is 4.38. The van der Waals surface area contributed by atoms with Crippen molar-refractivity contribution in [2.24, 2.45) is 0 Å². The second kappa shape index (κ2) is 7.84. The number of rotatable bonds is 6. The number of aryl methyl sites for hydroxylation is 1. The van der Waals surface area contributed by atoms with Crippen LogP contribution in [0.25, 0.3) is 10.8 Å². The third-order valence-electron chi connectivity index (χ3n) is 4.34. The van der Waals surface area contributed by atoms with Crippen LogP contribution in [-0.4, -0.2) is 20.1 Å². The number of anilines is 1. The first-order chi connectivity index (χ1) is 12.1. The van der Waals surface area contributed by atoms with Crippen LogP contribution in [0.15, 0.2) is 66.7 Å². The molecule has 3 heteroatoms. The van der Waals surface area contributed by atoms with Crippen LogP contribution in [0, 0.1) is 0 Å². The molecule has 3 aromatic rings. The van der Waals surface area contributed by atoms with Crippen molar-refractivity contribution in [3.63, 3.8) is 0 Å². The summed E-state index contributed by atoms with van der Waals surface area (Å²) < 4.78 is 5.47. The van der Waals surface area contributed by atoms with Crippen LogP contribution in [0.4, 0.5) is 5.69 Å². The highest BCUT2D eigenvalue weighted by molar-refractivity contribution is 5.85. The highest BCUT2D eigenvalue weighted by atomic mass is 16.5. The number of nitrogens with zero attached hydrogens (tertiary/aromatic N) is 1. The van der Waals surface area contributed by atoms with Crippen molar-refractivity contribution in [3.05, 3.63) is 77.9 Å². The Morgan fingerprint density at radius 2 is 1.64 bits per heavy atom. The molecular formula is C22H23NO2. The summed E-state index contributed by atoms with van der Waals surface area (Å²) in [5.41, 5.74) is 3.34. The van der Waals surface area contributed by atoms with Crippen LogP contribution in [0.1, 0.15) is 17.5 Å². The standard InChI is InChI=1S/C22H23NO2/c1-23(2)20-13-10-17(11-14-20)12-15-22(24)25-16-19-8-5-7-18-6-3-4-9-21(18)19/h3-11,13-14H,12,15-16H2,1-2H3. The van der Waals surface area contributed by atoms with Gasteiger partial charge in [-0.3, -0.25) is 4.79 Å². The van der Waals surface area contributed by atoms with E-state index in [9.17, 15) is 4.79 Å². The molecule has 0 aliphatic heterocycles. The highest BCUT2D eigenvalue weighted by Gasteiger charge is 2.07. The van der Waals surface area contributed by atoms with Gasteiger partial charge in [0.15, 0.2) is 0 Å². The quantitative estimate of drug-likeness (QED) is 0.618. The van der Waals surface area contributed by atoms with Gasteiger partial charge in [-0.2, -0.15) is 0 Å². The van der Waals surface area contributed by atoms with Crippen molar-refractivity contribution in [1.82, 2.24) is 0 Å². The average molecular weight is 333 g/mol. The van der Waals surface area contributed by atoms with Crippen molar-refractivity contribution in [3.8, 4) is 0 Å². The van der Waals surface area contributed by atoms with E-state index in [1.807, 2.05) is 38.4 Å². The minimum Gasteiger partial charge on any atom is -0.461 e. The Kier molecular flexibility index (Phi) is 5.34. The molecule has 0 bridgehead atoms. The number of esters is 1. The molecule has 25 heavy (non-hydrogen) atoms. The molecule has 0 N–H and O–H groups in total. The van der Waals surface area contributed by atoms with Gasteiger partial charge in [-0.25, -0.2) is 0 Å². The highest BCUT2D eigenvalue weighted by Crippen LogP contribution is 2.19. The summed E-state index contributed by atoms with van der Waals surface area (Å²) in [5.74, 6) is -0.162. The zero-order valence-corrected chi connectivity index (χ0v) is 14.7. The Morgan fingerprint density at radius 1 is 0.920 bits per heavy atom. The lowest BCUT2D eigenvalue weighted by Gasteiger charge is -2.12. The summed E-state index contributed by atoms with van der Waals surface area (Å²) in [7, 11) is 4.03. The summed E-state index contributed by atoms with van der Waals surface area (Å²) in [6.07, 6.45) is 1.09. The van der Waals surface area contributed by atoms with E-state index in [0.717, 1.165) is 27.6 Å². The minimum absolute atomic E-state index is 0.162. The Bertz CT molecular complexity index is 848. The molecule has 0 spiro atoms. The molecule has 0 unspecified atom stereocenters. The average Bonchev–Trinajstić information content (AvgIpc) is 2.65. The van der Waals surface area contributed by atoms with E-state index in [-0.39, 0.29) is 5.97 Å². The second-order valence-electron chi connectivity index (χ2n) is 6.36.